The molecule has 0 aromatic heterocycles. The van der Waals surface area contributed by atoms with Crippen LogP contribution in [0.5, 0.6) is 17.2 Å². The minimum Gasteiger partial charge on any atom is -1.00 e. The van der Waals surface area contributed by atoms with Crippen LogP contribution in [-0.4, -0.2) is 19.1 Å². The minimum atomic E-state index is -0.137. The average Bonchev–Trinajstić information content (AvgIpc) is 2.78. The summed E-state index contributed by atoms with van der Waals surface area (Å²) in [5.41, 5.74) is 2.74. The molecule has 3 aromatic carbocycles. The molecule has 8 heteroatoms. The molecule has 1 aliphatic rings. The van der Waals surface area contributed by atoms with Crippen molar-refractivity contribution in [1.82, 2.24) is 5.32 Å². The molecule has 0 saturated heterocycles. The fraction of sp³-hybridized carbons (Fsp3) is 0.208. The van der Waals surface area contributed by atoms with Crippen LogP contribution in [0.2, 0.25) is 10.0 Å². The van der Waals surface area contributed by atoms with Gasteiger partial charge in [-0.1, -0.05) is 35.3 Å². The Labute approximate surface area is 229 Å². The van der Waals surface area contributed by atoms with E-state index in [0.29, 0.717) is 44.7 Å². The van der Waals surface area contributed by atoms with E-state index in [1.807, 2.05) is 30.3 Å². The van der Waals surface area contributed by atoms with Gasteiger partial charge in [0.15, 0.2) is 5.75 Å². The normalized spacial score (nSPS) is 12.2. The third kappa shape index (κ3) is 6.22. The van der Waals surface area contributed by atoms with Crippen LogP contribution in [0.15, 0.2) is 59.1 Å². The maximum absolute atomic E-state index is 12.4. The van der Waals surface area contributed by atoms with Crippen LogP contribution in [0.25, 0.3) is 0 Å². The molecular weight excluding hydrogens is 524 g/mol. The van der Waals surface area contributed by atoms with Crippen molar-refractivity contribution in [2.75, 3.05) is 13.2 Å². The quantitative estimate of drug-likeness (QED) is 0.478. The molecule has 0 radical (unpaired) electrons. The van der Waals surface area contributed by atoms with E-state index in [1.54, 1.807) is 24.3 Å². The van der Waals surface area contributed by atoms with Crippen molar-refractivity contribution in [2.45, 2.75) is 19.3 Å². The Hall–Kier alpha value is -1.21. The van der Waals surface area contributed by atoms with Crippen molar-refractivity contribution in [3.05, 3.63) is 85.8 Å². The first-order chi connectivity index (χ1) is 15.0. The first-order valence-electron chi connectivity index (χ1n) is 9.95. The Kier molecular flexibility index (Phi) is 9.35. The van der Waals surface area contributed by atoms with Gasteiger partial charge < -0.3 is 16.2 Å². The van der Waals surface area contributed by atoms with Crippen molar-refractivity contribution in [1.29, 1.82) is 0 Å². The van der Waals surface area contributed by atoms with Crippen LogP contribution in [0.4, 0.5) is 0 Å². The number of aryl methyl sites for hydroxylation is 1. The van der Waals surface area contributed by atoms with Crippen LogP contribution in [0.1, 0.15) is 29.3 Å². The van der Waals surface area contributed by atoms with Gasteiger partial charge in [0.25, 0.3) is 5.91 Å². The SMILES string of the molecule is O=C(NCCc1ccc(Cl)cc1)c1ccc(Oc2c(Cl)cc3c(c2Br)OCCC3)cc1.[H-].[Na+]. The molecule has 1 N–H and O–H groups in total. The summed E-state index contributed by atoms with van der Waals surface area (Å²) in [6.07, 6.45) is 2.63. The predicted molar refractivity (Wildman–Crippen MR) is 128 cm³/mol. The summed E-state index contributed by atoms with van der Waals surface area (Å²) < 4.78 is 12.5. The second-order valence-electron chi connectivity index (χ2n) is 7.20. The molecule has 0 atom stereocenters. The van der Waals surface area contributed by atoms with Gasteiger partial charge in [-0.25, -0.2) is 0 Å². The maximum atomic E-state index is 12.4. The largest absolute Gasteiger partial charge is 1.00 e. The Morgan fingerprint density at radius 2 is 1.84 bits per heavy atom. The second-order valence-corrected chi connectivity index (χ2v) is 8.84. The van der Waals surface area contributed by atoms with Gasteiger partial charge in [0.1, 0.15) is 16.0 Å². The number of rotatable bonds is 6. The zero-order valence-corrected chi connectivity index (χ0v) is 22.7. The number of nitrogens with one attached hydrogen (secondary N) is 1. The number of benzene rings is 3. The molecule has 162 valence electrons. The van der Waals surface area contributed by atoms with Gasteiger partial charge in [0, 0.05) is 17.1 Å². The summed E-state index contributed by atoms with van der Waals surface area (Å²) in [6.45, 7) is 1.21. The van der Waals surface area contributed by atoms with Crippen LogP contribution >= 0.6 is 39.1 Å². The Balaban J connectivity index is 0.00000193. The molecule has 4 rings (SSSR count). The number of carbonyl (C=O) groups is 1. The first kappa shape index (κ1) is 25.4. The predicted octanol–water partition coefficient (Wildman–Crippen LogP) is 3.96. The van der Waals surface area contributed by atoms with Gasteiger partial charge in [0.05, 0.1) is 11.6 Å². The van der Waals surface area contributed by atoms with Crippen molar-refractivity contribution in [3.63, 3.8) is 0 Å². The number of carbonyl (C=O) groups excluding carboxylic acids is 1. The third-order valence-corrected chi connectivity index (χ3v) is 6.25. The summed E-state index contributed by atoms with van der Waals surface area (Å²) in [7, 11) is 0. The maximum Gasteiger partial charge on any atom is 1.00 e. The van der Waals surface area contributed by atoms with Crippen LogP contribution in [0, 0.1) is 0 Å². The summed E-state index contributed by atoms with van der Waals surface area (Å²) >= 11 is 15.9. The van der Waals surface area contributed by atoms with E-state index >= 15 is 0 Å². The topological polar surface area (TPSA) is 47.6 Å². The Morgan fingerprint density at radius 1 is 1.12 bits per heavy atom. The van der Waals surface area contributed by atoms with E-state index < -0.39 is 0 Å². The number of halogens is 3. The zero-order chi connectivity index (χ0) is 21.8. The molecule has 0 aliphatic carbocycles. The fourth-order valence-corrected chi connectivity index (χ4v) is 4.54. The smallest absolute Gasteiger partial charge is 1.00 e. The summed E-state index contributed by atoms with van der Waals surface area (Å²) in [5.74, 6) is 1.72. The van der Waals surface area contributed by atoms with Gasteiger partial charge in [0.2, 0.25) is 0 Å². The summed E-state index contributed by atoms with van der Waals surface area (Å²) in [5, 5.41) is 4.14. The Bertz CT molecular complexity index is 1100. The van der Waals surface area contributed by atoms with Crippen molar-refractivity contribution in [2.24, 2.45) is 0 Å². The molecule has 0 fully saturated rings. The van der Waals surface area contributed by atoms with Gasteiger partial charge in [-0.3, -0.25) is 4.79 Å². The van der Waals surface area contributed by atoms with Crippen LogP contribution in [-0.2, 0) is 12.8 Å². The van der Waals surface area contributed by atoms with E-state index in [1.165, 1.54) is 0 Å². The molecule has 4 nitrogen and oxygen atoms in total. The molecular formula is C24H21BrCl2NNaO3. The molecule has 0 bridgehead atoms. The van der Waals surface area contributed by atoms with Crippen molar-refractivity contribution in [3.8, 4) is 17.2 Å². The van der Waals surface area contributed by atoms with Crippen molar-refractivity contribution >= 4 is 45.0 Å². The first-order valence-corrected chi connectivity index (χ1v) is 11.5. The molecule has 32 heavy (non-hydrogen) atoms. The van der Waals surface area contributed by atoms with Gasteiger partial charge in [-0.2, -0.15) is 0 Å². The second kappa shape index (κ2) is 11.8. The third-order valence-electron chi connectivity index (χ3n) is 4.99. The van der Waals surface area contributed by atoms with Gasteiger partial charge in [-0.15, -0.1) is 0 Å². The van der Waals surface area contributed by atoms with Crippen LogP contribution < -0.4 is 44.3 Å². The van der Waals surface area contributed by atoms with Gasteiger partial charge >= 0.3 is 29.6 Å². The number of hydrogen-bond donors (Lipinski definition) is 1. The van der Waals surface area contributed by atoms with Crippen molar-refractivity contribution < 1.29 is 45.3 Å². The molecule has 1 aliphatic heterocycles. The Morgan fingerprint density at radius 3 is 2.56 bits per heavy atom. The number of ether oxygens (including phenoxy) is 2. The van der Waals surface area contributed by atoms with E-state index in [4.69, 9.17) is 32.7 Å². The summed E-state index contributed by atoms with van der Waals surface area (Å²) in [4.78, 5) is 12.4. The van der Waals surface area contributed by atoms with E-state index in [2.05, 4.69) is 21.2 Å². The zero-order valence-electron chi connectivity index (χ0n) is 18.6. The molecule has 1 heterocycles. The average molecular weight is 545 g/mol. The van der Waals surface area contributed by atoms with E-state index in [0.717, 1.165) is 36.1 Å². The van der Waals surface area contributed by atoms with Crippen LogP contribution in [0.3, 0.4) is 0 Å². The molecule has 1 amide bonds. The summed E-state index contributed by atoms with van der Waals surface area (Å²) in [6, 6.07) is 16.4. The van der Waals surface area contributed by atoms with E-state index in [-0.39, 0.29) is 36.9 Å². The minimum absolute atomic E-state index is 0. The standard InChI is InChI=1S/C24H20BrCl2NO3.Na.H/c25-21-22-17(2-1-13-30-22)14-20(27)23(21)31-19-9-5-16(6-10-19)24(29)28-12-11-15-3-7-18(26)8-4-15;;/h3-10,14H,1-2,11-13H2,(H,28,29);;/q;+1;-1. The number of amides is 1. The monoisotopic (exact) mass is 543 g/mol. The van der Waals surface area contributed by atoms with E-state index in [9.17, 15) is 4.79 Å². The molecule has 0 unspecified atom stereocenters. The fourth-order valence-electron chi connectivity index (χ4n) is 3.37. The molecule has 0 saturated carbocycles. The molecule has 3 aromatic rings. The number of fused-ring (bicyclic) bond motifs is 1. The molecule has 0 spiro atoms. The number of hydrogen-bond acceptors (Lipinski definition) is 3. The van der Waals surface area contributed by atoms with Gasteiger partial charge in [-0.05, 0) is 88.8 Å².